The Morgan fingerprint density at radius 2 is 1.94 bits per heavy atom. The lowest BCUT2D eigenvalue weighted by atomic mass is 10.1. The van der Waals surface area contributed by atoms with Crippen LogP contribution in [-0.2, 0) is 4.79 Å². The van der Waals surface area contributed by atoms with E-state index in [1.165, 1.54) is 6.08 Å². The largest absolute Gasteiger partial charge is 0.494 e. The van der Waals surface area contributed by atoms with Gasteiger partial charge in [-0.1, -0.05) is 11.6 Å². The summed E-state index contributed by atoms with van der Waals surface area (Å²) in [7, 11) is 2.13. The van der Waals surface area contributed by atoms with Crippen molar-refractivity contribution in [2.45, 2.75) is 13.8 Å². The number of ether oxygens (including phenoxy) is 1. The summed E-state index contributed by atoms with van der Waals surface area (Å²) in [6, 6.07) is 11.1. The van der Waals surface area contributed by atoms with Crippen LogP contribution in [0.25, 0.3) is 17.0 Å². The molecular formula is C25H28ClN5O2. The number of amides is 1. The van der Waals surface area contributed by atoms with Gasteiger partial charge in [0.2, 0.25) is 11.9 Å². The predicted octanol–water partition coefficient (Wildman–Crippen LogP) is 4.39. The first-order chi connectivity index (χ1) is 15.9. The number of likely N-dealkylation sites (N-methyl/N-ethyl adjacent to an activating group) is 1. The van der Waals surface area contributed by atoms with Gasteiger partial charge in [0, 0.05) is 43.3 Å². The molecule has 2 heterocycles. The second-order valence-corrected chi connectivity index (χ2v) is 8.48. The molecular weight excluding hydrogens is 438 g/mol. The molecule has 1 amide bonds. The highest BCUT2D eigenvalue weighted by atomic mass is 35.5. The Morgan fingerprint density at radius 3 is 2.67 bits per heavy atom. The predicted molar refractivity (Wildman–Crippen MR) is 134 cm³/mol. The lowest BCUT2D eigenvalue weighted by Gasteiger charge is -2.32. The lowest BCUT2D eigenvalue weighted by molar-refractivity contribution is -0.111. The zero-order chi connectivity index (χ0) is 23.4. The van der Waals surface area contributed by atoms with Crippen LogP contribution in [0.3, 0.4) is 0 Å². The number of fused-ring (bicyclic) bond motifs is 1. The minimum Gasteiger partial charge on any atom is -0.494 e. The van der Waals surface area contributed by atoms with E-state index < -0.39 is 0 Å². The van der Waals surface area contributed by atoms with Crippen LogP contribution in [0.1, 0.15) is 18.2 Å². The summed E-state index contributed by atoms with van der Waals surface area (Å²) in [5.74, 6) is 1.22. The van der Waals surface area contributed by atoms with Gasteiger partial charge < -0.3 is 19.9 Å². The van der Waals surface area contributed by atoms with E-state index in [-0.39, 0.29) is 5.91 Å². The zero-order valence-corrected chi connectivity index (χ0v) is 19.9. The maximum atomic E-state index is 12.5. The molecule has 4 rings (SSSR count). The van der Waals surface area contributed by atoms with E-state index in [1.807, 2.05) is 44.2 Å². The molecule has 0 unspecified atom stereocenters. The number of hydrogen-bond acceptors (Lipinski definition) is 6. The molecule has 0 spiro atoms. The molecule has 33 heavy (non-hydrogen) atoms. The van der Waals surface area contributed by atoms with E-state index in [0.29, 0.717) is 23.1 Å². The standard InChI is InChI=1S/C25H28ClN5O2/c1-4-33-20-8-5-18(22(26)16-20)6-10-24(32)28-19-7-9-23-21(15-19)17(2)27-25(29-23)31-13-11-30(3)12-14-31/h5-10,15-16H,4,11-14H2,1-3H3,(H,28,32)/b10-6+. The molecule has 1 N–H and O–H groups in total. The minimum absolute atomic E-state index is 0.244. The molecule has 0 radical (unpaired) electrons. The Balaban J connectivity index is 1.46. The van der Waals surface area contributed by atoms with Crippen LogP contribution in [0.5, 0.6) is 5.75 Å². The van der Waals surface area contributed by atoms with Gasteiger partial charge in [-0.25, -0.2) is 9.97 Å². The number of aryl methyl sites for hydroxylation is 1. The van der Waals surface area contributed by atoms with Crippen molar-refractivity contribution in [2.75, 3.05) is 50.1 Å². The monoisotopic (exact) mass is 465 g/mol. The zero-order valence-electron chi connectivity index (χ0n) is 19.1. The average molecular weight is 466 g/mol. The fraction of sp³-hybridized carbons (Fsp3) is 0.320. The van der Waals surface area contributed by atoms with Crippen LogP contribution in [-0.4, -0.2) is 60.6 Å². The highest BCUT2D eigenvalue weighted by Crippen LogP contribution is 2.25. The first kappa shape index (κ1) is 23.0. The highest BCUT2D eigenvalue weighted by molar-refractivity contribution is 6.32. The third-order valence-corrected chi connectivity index (χ3v) is 5.95. The van der Waals surface area contributed by atoms with Gasteiger partial charge in [0.25, 0.3) is 0 Å². The quantitative estimate of drug-likeness (QED) is 0.544. The molecule has 0 atom stereocenters. The number of halogens is 1. The Morgan fingerprint density at radius 1 is 1.15 bits per heavy atom. The van der Waals surface area contributed by atoms with Gasteiger partial charge in [-0.3, -0.25) is 4.79 Å². The molecule has 1 aliphatic rings. The maximum Gasteiger partial charge on any atom is 0.248 e. The Hall–Kier alpha value is -3.16. The normalized spacial score (nSPS) is 14.7. The van der Waals surface area contributed by atoms with Crippen molar-refractivity contribution in [3.63, 3.8) is 0 Å². The summed E-state index contributed by atoms with van der Waals surface area (Å²) < 4.78 is 5.43. The molecule has 1 fully saturated rings. The van der Waals surface area contributed by atoms with Gasteiger partial charge in [-0.15, -0.1) is 0 Å². The first-order valence-corrected chi connectivity index (χ1v) is 11.4. The summed E-state index contributed by atoms with van der Waals surface area (Å²) in [5.41, 5.74) is 3.19. The van der Waals surface area contributed by atoms with Gasteiger partial charge >= 0.3 is 0 Å². The number of nitrogens with zero attached hydrogens (tertiary/aromatic N) is 4. The second kappa shape index (κ2) is 10.2. The van der Waals surface area contributed by atoms with Crippen molar-refractivity contribution in [1.29, 1.82) is 0 Å². The fourth-order valence-electron chi connectivity index (χ4n) is 3.74. The third-order valence-electron chi connectivity index (χ3n) is 5.63. The third kappa shape index (κ3) is 5.61. The molecule has 2 aromatic carbocycles. The number of nitrogens with one attached hydrogen (secondary N) is 1. The molecule has 0 aliphatic carbocycles. The number of rotatable bonds is 6. The van der Waals surface area contributed by atoms with Crippen LogP contribution in [0, 0.1) is 6.92 Å². The molecule has 0 bridgehead atoms. The number of carbonyl (C=O) groups is 1. The number of hydrogen-bond donors (Lipinski definition) is 1. The number of benzene rings is 2. The number of piperazine rings is 1. The summed E-state index contributed by atoms with van der Waals surface area (Å²) in [6.45, 7) is 8.30. The topological polar surface area (TPSA) is 70.6 Å². The van der Waals surface area contributed by atoms with Crippen molar-refractivity contribution in [3.05, 3.63) is 58.8 Å². The van der Waals surface area contributed by atoms with E-state index in [2.05, 4.69) is 22.2 Å². The maximum absolute atomic E-state index is 12.5. The van der Waals surface area contributed by atoms with Crippen LogP contribution in [0.15, 0.2) is 42.5 Å². The number of carbonyl (C=O) groups excluding carboxylic acids is 1. The smallest absolute Gasteiger partial charge is 0.248 e. The number of anilines is 2. The van der Waals surface area contributed by atoms with Gasteiger partial charge in [0.1, 0.15) is 5.75 Å². The summed E-state index contributed by atoms with van der Waals surface area (Å²) in [4.78, 5) is 26.5. The minimum atomic E-state index is -0.244. The Labute approximate surface area is 199 Å². The van der Waals surface area contributed by atoms with Crippen molar-refractivity contribution in [3.8, 4) is 5.75 Å². The Bertz CT molecular complexity index is 1190. The molecule has 1 aromatic heterocycles. The highest BCUT2D eigenvalue weighted by Gasteiger charge is 2.17. The van der Waals surface area contributed by atoms with Crippen LogP contribution in [0.4, 0.5) is 11.6 Å². The van der Waals surface area contributed by atoms with Crippen molar-refractivity contribution in [2.24, 2.45) is 0 Å². The van der Waals surface area contributed by atoms with Gasteiger partial charge in [-0.2, -0.15) is 0 Å². The van der Waals surface area contributed by atoms with Gasteiger partial charge in [0.05, 0.1) is 22.8 Å². The van der Waals surface area contributed by atoms with Crippen LogP contribution in [0.2, 0.25) is 5.02 Å². The van der Waals surface area contributed by atoms with Gasteiger partial charge in [0.15, 0.2) is 0 Å². The summed E-state index contributed by atoms with van der Waals surface area (Å²) in [6.07, 6.45) is 3.15. The van der Waals surface area contributed by atoms with E-state index in [9.17, 15) is 4.79 Å². The van der Waals surface area contributed by atoms with Crippen molar-refractivity contribution >= 4 is 46.1 Å². The van der Waals surface area contributed by atoms with E-state index in [1.54, 1.807) is 12.1 Å². The van der Waals surface area contributed by atoms with E-state index >= 15 is 0 Å². The van der Waals surface area contributed by atoms with Crippen LogP contribution >= 0.6 is 11.6 Å². The molecule has 1 saturated heterocycles. The summed E-state index contributed by atoms with van der Waals surface area (Å²) >= 11 is 6.28. The average Bonchev–Trinajstić information content (AvgIpc) is 2.79. The molecule has 8 heteroatoms. The molecule has 3 aromatic rings. The molecule has 0 saturated carbocycles. The summed E-state index contributed by atoms with van der Waals surface area (Å²) in [5, 5.41) is 4.35. The fourth-order valence-corrected chi connectivity index (χ4v) is 3.97. The first-order valence-electron chi connectivity index (χ1n) is 11.1. The Kier molecular flexibility index (Phi) is 7.11. The van der Waals surface area contributed by atoms with Crippen molar-refractivity contribution in [1.82, 2.24) is 14.9 Å². The van der Waals surface area contributed by atoms with Crippen molar-refractivity contribution < 1.29 is 9.53 Å². The van der Waals surface area contributed by atoms with Crippen LogP contribution < -0.4 is 15.0 Å². The van der Waals surface area contributed by atoms with Gasteiger partial charge in [-0.05, 0) is 68.9 Å². The molecule has 7 nitrogen and oxygen atoms in total. The molecule has 172 valence electrons. The molecule has 1 aliphatic heterocycles. The SMILES string of the molecule is CCOc1ccc(/C=C/C(=O)Nc2ccc3nc(N4CCN(C)CC4)nc(C)c3c2)c(Cl)c1. The van der Waals surface area contributed by atoms with E-state index in [0.717, 1.165) is 54.3 Å². The second-order valence-electron chi connectivity index (χ2n) is 8.07. The number of aromatic nitrogens is 2. The van der Waals surface area contributed by atoms with E-state index in [4.69, 9.17) is 26.3 Å². The lowest BCUT2D eigenvalue weighted by Crippen LogP contribution is -2.45.